The normalized spacial score (nSPS) is 24.1. The third-order valence-electron chi connectivity index (χ3n) is 4.11. The first kappa shape index (κ1) is 15.8. The molecule has 4 nitrogen and oxygen atoms in total. The van der Waals surface area contributed by atoms with Crippen LogP contribution in [0.25, 0.3) is 11.0 Å². The summed E-state index contributed by atoms with van der Waals surface area (Å²) in [5.41, 5.74) is -0.262. The van der Waals surface area contributed by atoms with Crippen molar-refractivity contribution in [1.82, 2.24) is 0 Å². The van der Waals surface area contributed by atoms with Gasteiger partial charge in [-0.15, -0.1) is 6.58 Å². The van der Waals surface area contributed by atoms with Gasteiger partial charge in [0.2, 0.25) is 6.29 Å². The molecule has 0 saturated carbocycles. The molecule has 0 unspecified atom stereocenters. The van der Waals surface area contributed by atoms with Crippen LogP contribution in [-0.2, 0) is 10.2 Å². The highest BCUT2D eigenvalue weighted by Crippen LogP contribution is 2.44. The third kappa shape index (κ3) is 2.79. The average molecular weight is 314 g/mol. The number of ether oxygens (including phenoxy) is 2. The molecule has 23 heavy (non-hydrogen) atoms. The van der Waals surface area contributed by atoms with Crippen LogP contribution in [0.3, 0.4) is 0 Å². The van der Waals surface area contributed by atoms with Gasteiger partial charge in [-0.25, -0.2) is 4.79 Å². The first-order valence-corrected chi connectivity index (χ1v) is 7.78. The van der Waals surface area contributed by atoms with Crippen LogP contribution in [0.1, 0.15) is 39.7 Å². The van der Waals surface area contributed by atoms with Gasteiger partial charge in [-0.1, -0.05) is 25.1 Å². The first-order valence-electron chi connectivity index (χ1n) is 7.78. The Morgan fingerprint density at radius 3 is 2.70 bits per heavy atom. The van der Waals surface area contributed by atoms with E-state index in [-0.39, 0.29) is 11.2 Å². The standard InChI is InChI=1S/C19H22O4/c1-6-19(5)11-14(23-18(2,3)4)22-16-12-9-7-8-10-13(12)21-17(20)15(16)19/h6-10,14H,1,11H2,2-5H3/t14-,19+/m1/s1. The Balaban J connectivity index is 2.23. The van der Waals surface area contributed by atoms with E-state index in [4.69, 9.17) is 13.9 Å². The molecule has 0 saturated heterocycles. The number of hydrogen-bond donors (Lipinski definition) is 0. The van der Waals surface area contributed by atoms with Crippen LogP contribution in [-0.4, -0.2) is 11.9 Å². The van der Waals surface area contributed by atoms with Gasteiger partial charge >= 0.3 is 5.63 Å². The molecule has 2 atom stereocenters. The minimum absolute atomic E-state index is 0.348. The fourth-order valence-electron chi connectivity index (χ4n) is 3.00. The minimum atomic E-state index is -0.561. The summed E-state index contributed by atoms with van der Waals surface area (Å²) >= 11 is 0. The van der Waals surface area contributed by atoms with Gasteiger partial charge in [-0.05, 0) is 32.9 Å². The SMILES string of the molecule is C=C[C@@]1(C)C[C@@H](OC(C)(C)C)Oc2c1c(=O)oc1ccccc21. The van der Waals surface area contributed by atoms with Gasteiger partial charge in [0.05, 0.1) is 16.6 Å². The van der Waals surface area contributed by atoms with E-state index in [0.717, 1.165) is 5.39 Å². The molecule has 0 aliphatic carbocycles. The fourth-order valence-corrected chi connectivity index (χ4v) is 3.00. The summed E-state index contributed by atoms with van der Waals surface area (Å²) in [5, 5.41) is 0.775. The highest BCUT2D eigenvalue weighted by Gasteiger charge is 2.41. The van der Waals surface area contributed by atoms with Gasteiger partial charge in [-0.3, -0.25) is 0 Å². The summed E-state index contributed by atoms with van der Waals surface area (Å²) in [7, 11) is 0. The second kappa shape index (κ2) is 5.24. The average Bonchev–Trinajstić information content (AvgIpc) is 2.45. The molecule has 0 amide bonds. The molecule has 3 rings (SSSR count). The minimum Gasteiger partial charge on any atom is -0.464 e. The zero-order chi connectivity index (χ0) is 16.8. The van der Waals surface area contributed by atoms with E-state index >= 15 is 0 Å². The van der Waals surface area contributed by atoms with Gasteiger partial charge in [0.25, 0.3) is 0 Å². The number of allylic oxidation sites excluding steroid dienone is 1. The van der Waals surface area contributed by atoms with Crippen molar-refractivity contribution in [1.29, 1.82) is 0 Å². The van der Waals surface area contributed by atoms with Gasteiger partial charge in [0, 0.05) is 11.8 Å². The highest BCUT2D eigenvalue weighted by atomic mass is 16.7. The van der Waals surface area contributed by atoms with Crippen LogP contribution in [0, 0.1) is 0 Å². The Kier molecular flexibility index (Phi) is 3.60. The largest absolute Gasteiger partial charge is 0.464 e. The molecule has 122 valence electrons. The molecule has 2 aromatic rings. The topological polar surface area (TPSA) is 48.7 Å². The highest BCUT2D eigenvalue weighted by molar-refractivity contribution is 5.85. The predicted molar refractivity (Wildman–Crippen MR) is 89.9 cm³/mol. The maximum absolute atomic E-state index is 12.5. The Morgan fingerprint density at radius 1 is 1.35 bits per heavy atom. The lowest BCUT2D eigenvalue weighted by atomic mass is 9.77. The molecule has 4 heteroatoms. The van der Waals surface area contributed by atoms with Crippen LogP contribution in [0.15, 0.2) is 46.1 Å². The van der Waals surface area contributed by atoms with Crippen molar-refractivity contribution in [2.24, 2.45) is 0 Å². The summed E-state index contributed by atoms with van der Waals surface area (Å²) in [4.78, 5) is 12.5. The fraction of sp³-hybridized carbons (Fsp3) is 0.421. The van der Waals surface area contributed by atoms with Crippen LogP contribution in [0.2, 0.25) is 0 Å². The summed E-state index contributed by atoms with van der Waals surface area (Å²) < 4.78 is 17.6. The number of rotatable bonds is 2. The zero-order valence-corrected chi connectivity index (χ0v) is 14.0. The maximum atomic E-state index is 12.5. The zero-order valence-electron chi connectivity index (χ0n) is 14.0. The Bertz CT molecular complexity index is 812. The van der Waals surface area contributed by atoms with Crippen molar-refractivity contribution >= 4 is 11.0 Å². The first-order chi connectivity index (χ1) is 10.7. The van der Waals surface area contributed by atoms with Crippen LogP contribution < -0.4 is 10.4 Å². The van der Waals surface area contributed by atoms with Crippen LogP contribution in [0.5, 0.6) is 5.75 Å². The number of fused-ring (bicyclic) bond motifs is 3. The molecule has 2 heterocycles. The van der Waals surface area contributed by atoms with Crippen molar-refractivity contribution in [3.05, 3.63) is 52.9 Å². The molecular formula is C19H22O4. The summed E-state index contributed by atoms with van der Waals surface area (Å²) in [6.07, 6.45) is 1.85. The Hall–Kier alpha value is -2.07. The number of para-hydroxylation sites is 1. The maximum Gasteiger partial charge on any atom is 0.344 e. The number of hydrogen-bond acceptors (Lipinski definition) is 4. The summed E-state index contributed by atoms with van der Waals surface area (Å²) in [6.45, 7) is 11.8. The van der Waals surface area contributed by atoms with E-state index in [1.54, 1.807) is 12.1 Å². The van der Waals surface area contributed by atoms with Crippen molar-refractivity contribution in [2.45, 2.75) is 51.4 Å². The second-order valence-corrected chi connectivity index (χ2v) is 7.19. The monoisotopic (exact) mass is 314 g/mol. The van der Waals surface area contributed by atoms with E-state index in [9.17, 15) is 4.79 Å². The number of benzene rings is 1. The van der Waals surface area contributed by atoms with E-state index in [0.29, 0.717) is 23.3 Å². The van der Waals surface area contributed by atoms with Crippen molar-refractivity contribution in [3.63, 3.8) is 0 Å². The quantitative estimate of drug-likeness (QED) is 0.617. The lowest BCUT2D eigenvalue weighted by molar-refractivity contribution is -0.164. The van der Waals surface area contributed by atoms with E-state index < -0.39 is 11.7 Å². The molecule has 0 spiro atoms. The van der Waals surface area contributed by atoms with Crippen LogP contribution in [0.4, 0.5) is 0 Å². The third-order valence-corrected chi connectivity index (χ3v) is 4.11. The lowest BCUT2D eigenvalue weighted by Crippen LogP contribution is -2.43. The lowest BCUT2D eigenvalue weighted by Gasteiger charge is -2.39. The molecule has 0 radical (unpaired) electrons. The van der Waals surface area contributed by atoms with Crippen molar-refractivity contribution in [2.75, 3.05) is 0 Å². The van der Waals surface area contributed by atoms with Gasteiger partial charge in [0.1, 0.15) is 11.3 Å². The predicted octanol–water partition coefficient (Wildman–Crippen LogP) is 4.16. The van der Waals surface area contributed by atoms with Gasteiger partial charge < -0.3 is 13.9 Å². The molecule has 1 aromatic heterocycles. The van der Waals surface area contributed by atoms with Gasteiger partial charge in [-0.2, -0.15) is 0 Å². The molecule has 0 N–H and O–H groups in total. The Labute approximate surface area is 135 Å². The van der Waals surface area contributed by atoms with E-state index in [1.807, 2.05) is 45.9 Å². The van der Waals surface area contributed by atoms with E-state index in [2.05, 4.69) is 6.58 Å². The van der Waals surface area contributed by atoms with Gasteiger partial charge in [0.15, 0.2) is 0 Å². The smallest absolute Gasteiger partial charge is 0.344 e. The molecule has 0 bridgehead atoms. The second-order valence-electron chi connectivity index (χ2n) is 7.19. The summed E-state index contributed by atoms with van der Waals surface area (Å²) in [5.74, 6) is 0.541. The Morgan fingerprint density at radius 2 is 2.04 bits per heavy atom. The van der Waals surface area contributed by atoms with Crippen molar-refractivity contribution < 1.29 is 13.9 Å². The molecular weight excluding hydrogens is 292 g/mol. The van der Waals surface area contributed by atoms with Crippen LogP contribution >= 0.6 is 0 Å². The van der Waals surface area contributed by atoms with E-state index in [1.165, 1.54) is 0 Å². The molecule has 1 aliphatic heterocycles. The summed E-state index contributed by atoms with van der Waals surface area (Å²) in [6, 6.07) is 7.38. The molecule has 0 fully saturated rings. The molecule has 1 aromatic carbocycles. The van der Waals surface area contributed by atoms with Crippen molar-refractivity contribution in [3.8, 4) is 5.75 Å². The molecule has 1 aliphatic rings.